The van der Waals surface area contributed by atoms with E-state index >= 15 is 0 Å². The summed E-state index contributed by atoms with van der Waals surface area (Å²) in [7, 11) is 0. The van der Waals surface area contributed by atoms with Crippen molar-refractivity contribution in [1.82, 2.24) is 9.38 Å². The molecule has 1 aliphatic heterocycles. The smallest absolute Gasteiger partial charge is 0.358 e. The highest BCUT2D eigenvalue weighted by Gasteiger charge is 2.38. The third-order valence-electron chi connectivity index (χ3n) is 4.44. The molecule has 0 bridgehead atoms. The number of fused-ring (bicyclic) bond motifs is 1. The van der Waals surface area contributed by atoms with Gasteiger partial charge >= 0.3 is 5.82 Å². The lowest BCUT2D eigenvalue weighted by molar-refractivity contribution is -0.389. The molecule has 0 radical (unpaired) electrons. The molecule has 0 amide bonds. The molecule has 0 N–H and O–H groups in total. The number of benzene rings is 1. The molecule has 0 aliphatic carbocycles. The average Bonchev–Trinajstić information content (AvgIpc) is 3.20. The van der Waals surface area contributed by atoms with E-state index in [-0.39, 0.29) is 17.7 Å². The Morgan fingerprint density at radius 3 is 2.96 bits per heavy atom. The summed E-state index contributed by atoms with van der Waals surface area (Å²) >= 11 is 1.35. The van der Waals surface area contributed by atoms with Gasteiger partial charge < -0.3 is 15.0 Å². The van der Waals surface area contributed by atoms with E-state index in [2.05, 4.69) is 11.9 Å². The zero-order valence-electron chi connectivity index (χ0n) is 12.9. The highest BCUT2D eigenvalue weighted by molar-refractivity contribution is 7.15. The quantitative estimate of drug-likeness (QED) is 0.530. The second-order valence-electron chi connectivity index (χ2n) is 6.10. The Morgan fingerprint density at radius 2 is 2.21 bits per heavy atom. The Morgan fingerprint density at radius 1 is 1.42 bits per heavy atom. The van der Waals surface area contributed by atoms with Crippen LogP contribution in [-0.2, 0) is 0 Å². The summed E-state index contributed by atoms with van der Waals surface area (Å²) in [5.41, 5.74) is 0.563. The first-order valence-electron chi connectivity index (χ1n) is 7.67. The second-order valence-corrected chi connectivity index (χ2v) is 6.98. The number of anilines is 1. The molecule has 3 aromatic rings. The standard InChI is InChI=1S/C16H15FN4O2S/c1-10-8-13(11-4-2-3-5-12(11)17)20(9-10)14-15(21(22)23)19-6-7-24-16(19)18-14/h2-7,10,13H,8-9H2,1H3. The zero-order valence-corrected chi connectivity index (χ0v) is 13.7. The minimum atomic E-state index is -0.413. The molecule has 2 atom stereocenters. The topological polar surface area (TPSA) is 63.7 Å². The Labute approximate surface area is 141 Å². The monoisotopic (exact) mass is 346 g/mol. The molecule has 2 aromatic heterocycles. The average molecular weight is 346 g/mol. The van der Waals surface area contributed by atoms with Crippen LogP contribution in [0.4, 0.5) is 16.0 Å². The number of rotatable bonds is 3. The van der Waals surface area contributed by atoms with E-state index in [1.807, 2.05) is 4.90 Å². The second kappa shape index (κ2) is 5.55. The summed E-state index contributed by atoms with van der Waals surface area (Å²) in [4.78, 5) is 18.1. The van der Waals surface area contributed by atoms with Crippen LogP contribution in [0.1, 0.15) is 24.9 Å². The van der Waals surface area contributed by atoms with Crippen molar-refractivity contribution in [2.75, 3.05) is 11.4 Å². The predicted molar refractivity (Wildman–Crippen MR) is 90.0 cm³/mol. The van der Waals surface area contributed by atoms with E-state index in [4.69, 9.17) is 0 Å². The lowest BCUT2D eigenvalue weighted by Gasteiger charge is -2.24. The van der Waals surface area contributed by atoms with Crippen LogP contribution in [0.15, 0.2) is 35.8 Å². The zero-order chi connectivity index (χ0) is 16.8. The van der Waals surface area contributed by atoms with Gasteiger partial charge in [0.1, 0.15) is 12.0 Å². The minimum Gasteiger partial charge on any atom is -0.358 e. The molecular formula is C16H15FN4O2S. The number of imidazole rings is 1. The third kappa shape index (κ3) is 2.25. The molecule has 6 nitrogen and oxygen atoms in total. The lowest BCUT2D eigenvalue weighted by atomic mass is 10.0. The van der Waals surface area contributed by atoms with Crippen LogP contribution < -0.4 is 4.90 Å². The van der Waals surface area contributed by atoms with Crippen LogP contribution >= 0.6 is 11.3 Å². The van der Waals surface area contributed by atoms with E-state index in [0.29, 0.717) is 28.8 Å². The highest BCUT2D eigenvalue weighted by Crippen LogP contribution is 2.43. The van der Waals surface area contributed by atoms with Crippen LogP contribution in [0.25, 0.3) is 4.96 Å². The van der Waals surface area contributed by atoms with Crippen molar-refractivity contribution in [3.8, 4) is 0 Å². The number of nitro groups is 1. The normalized spacial score (nSPS) is 20.8. The van der Waals surface area contributed by atoms with Gasteiger partial charge in [0.2, 0.25) is 5.82 Å². The van der Waals surface area contributed by atoms with Crippen molar-refractivity contribution in [3.63, 3.8) is 0 Å². The van der Waals surface area contributed by atoms with E-state index in [1.165, 1.54) is 21.8 Å². The van der Waals surface area contributed by atoms with Gasteiger partial charge in [0.25, 0.3) is 4.96 Å². The molecule has 8 heteroatoms. The van der Waals surface area contributed by atoms with E-state index in [9.17, 15) is 14.5 Å². The number of hydrogen-bond acceptors (Lipinski definition) is 5. The van der Waals surface area contributed by atoms with E-state index in [1.54, 1.807) is 29.8 Å². The maximum atomic E-state index is 14.3. The first kappa shape index (κ1) is 15.1. The van der Waals surface area contributed by atoms with E-state index < -0.39 is 4.92 Å². The molecule has 0 spiro atoms. The van der Waals surface area contributed by atoms with Crippen molar-refractivity contribution < 1.29 is 9.31 Å². The molecular weight excluding hydrogens is 331 g/mol. The fourth-order valence-electron chi connectivity index (χ4n) is 3.44. The summed E-state index contributed by atoms with van der Waals surface area (Å²) in [6.07, 6.45) is 2.38. The molecule has 1 saturated heterocycles. The SMILES string of the molecule is CC1CC(c2ccccc2F)N(c2nc3sccn3c2[N+](=O)[O-])C1. The van der Waals surface area contributed by atoms with Gasteiger partial charge in [-0.3, -0.25) is 0 Å². The van der Waals surface area contributed by atoms with Gasteiger partial charge in [-0.1, -0.05) is 36.5 Å². The Hall–Kier alpha value is -2.48. The molecule has 0 saturated carbocycles. The fraction of sp³-hybridized carbons (Fsp3) is 0.312. The molecule has 3 heterocycles. The maximum absolute atomic E-state index is 14.3. The van der Waals surface area contributed by atoms with Gasteiger partial charge in [-0.05, 0) is 23.3 Å². The number of halogens is 1. The van der Waals surface area contributed by atoms with Crippen molar-refractivity contribution in [3.05, 3.63) is 57.3 Å². The minimum absolute atomic E-state index is 0.0540. The number of nitrogens with zero attached hydrogens (tertiary/aromatic N) is 4. The molecule has 4 rings (SSSR count). The van der Waals surface area contributed by atoms with Crippen molar-refractivity contribution >= 4 is 27.9 Å². The lowest BCUT2D eigenvalue weighted by Crippen LogP contribution is -2.25. The van der Waals surface area contributed by atoms with Gasteiger partial charge in [-0.15, -0.1) is 0 Å². The summed E-state index contributed by atoms with van der Waals surface area (Å²) in [6, 6.07) is 6.37. The molecule has 24 heavy (non-hydrogen) atoms. The molecule has 124 valence electrons. The van der Waals surface area contributed by atoms with Crippen LogP contribution in [0.2, 0.25) is 0 Å². The van der Waals surface area contributed by atoms with Crippen LogP contribution in [0.3, 0.4) is 0 Å². The predicted octanol–water partition coefficient (Wildman–Crippen LogP) is 4.03. The van der Waals surface area contributed by atoms with Gasteiger partial charge in [0, 0.05) is 17.5 Å². The van der Waals surface area contributed by atoms with E-state index in [0.717, 1.165) is 6.42 Å². The number of aromatic nitrogens is 2. The Bertz CT molecular complexity index is 922. The Balaban J connectivity index is 1.85. The molecule has 1 aliphatic rings. The Kier molecular flexibility index (Phi) is 3.49. The van der Waals surface area contributed by atoms with Crippen LogP contribution in [-0.4, -0.2) is 20.9 Å². The third-order valence-corrected chi connectivity index (χ3v) is 5.20. The molecule has 1 aromatic carbocycles. The summed E-state index contributed by atoms with van der Waals surface area (Å²) in [5.74, 6) is 0.283. The van der Waals surface area contributed by atoms with Gasteiger partial charge in [-0.25, -0.2) is 4.39 Å². The fourth-order valence-corrected chi connectivity index (χ4v) is 4.15. The maximum Gasteiger partial charge on any atom is 0.373 e. The van der Waals surface area contributed by atoms with Crippen LogP contribution in [0.5, 0.6) is 0 Å². The summed E-state index contributed by atoms with van der Waals surface area (Å²) in [5, 5.41) is 13.4. The number of thiazole rings is 1. The summed E-state index contributed by atoms with van der Waals surface area (Å²) in [6.45, 7) is 2.68. The van der Waals surface area contributed by atoms with Gasteiger partial charge in [-0.2, -0.15) is 9.38 Å². The summed E-state index contributed by atoms with van der Waals surface area (Å²) < 4.78 is 15.8. The van der Waals surface area contributed by atoms with Gasteiger partial charge in [0.15, 0.2) is 0 Å². The van der Waals surface area contributed by atoms with Crippen LogP contribution in [0, 0.1) is 21.8 Å². The highest BCUT2D eigenvalue weighted by atomic mass is 32.1. The number of hydrogen-bond donors (Lipinski definition) is 0. The van der Waals surface area contributed by atoms with Gasteiger partial charge in [0.05, 0.1) is 6.04 Å². The first-order valence-corrected chi connectivity index (χ1v) is 8.55. The first-order chi connectivity index (χ1) is 11.6. The van der Waals surface area contributed by atoms with Crippen molar-refractivity contribution in [2.24, 2.45) is 5.92 Å². The van der Waals surface area contributed by atoms with Crippen molar-refractivity contribution in [2.45, 2.75) is 19.4 Å². The molecule has 2 unspecified atom stereocenters. The van der Waals surface area contributed by atoms with Crippen molar-refractivity contribution in [1.29, 1.82) is 0 Å². The largest absolute Gasteiger partial charge is 0.373 e. The molecule has 1 fully saturated rings.